The molecule has 0 aromatic heterocycles. The maximum atomic E-state index is 10.5. The highest BCUT2D eigenvalue weighted by Gasteiger charge is 1.98. The fraction of sp³-hybridized carbons (Fsp3) is 0.429. The van der Waals surface area contributed by atoms with Crippen molar-refractivity contribution >= 4 is 12.3 Å². The normalized spacial score (nSPS) is 8.40. The molecule has 56 valence electrons. The lowest BCUT2D eigenvalue weighted by molar-refractivity contribution is -0.138. The number of esters is 1. The Hall–Kier alpha value is -1.12. The van der Waals surface area contributed by atoms with Crippen LogP contribution in [0.15, 0.2) is 12.8 Å². The number of rotatable bonds is 5. The maximum Gasteiger partial charge on any atom is 0.310 e. The second-order valence-electron chi connectivity index (χ2n) is 1.72. The summed E-state index contributed by atoms with van der Waals surface area (Å²) in [7, 11) is 0. The van der Waals surface area contributed by atoms with Crippen LogP contribution in [0.3, 0.4) is 0 Å². The Morgan fingerprint density at radius 2 is 2.30 bits per heavy atom. The molecule has 3 heteroatoms. The molecule has 0 N–H and O–H groups in total. The largest absolute Gasteiger partial charge is 0.435 e. The third-order valence-corrected chi connectivity index (χ3v) is 0.918. The average Bonchev–Trinajstić information content (AvgIpc) is 1.89. The number of aldehydes is 1. The van der Waals surface area contributed by atoms with Crippen molar-refractivity contribution in [1.82, 2.24) is 0 Å². The first kappa shape index (κ1) is 8.88. The first-order valence-corrected chi connectivity index (χ1v) is 3.05. The molecule has 0 unspecified atom stereocenters. The molecule has 0 saturated heterocycles. The maximum absolute atomic E-state index is 10.5. The van der Waals surface area contributed by atoms with Gasteiger partial charge >= 0.3 is 5.97 Å². The van der Waals surface area contributed by atoms with Crippen molar-refractivity contribution in [3.63, 3.8) is 0 Å². The standard InChI is InChI=1S/C7H10O3/c1-2-10-7(9)5-3-4-6-8/h2,6H,1,3-5H2. The van der Waals surface area contributed by atoms with Gasteiger partial charge in [-0.05, 0) is 6.42 Å². The van der Waals surface area contributed by atoms with Crippen molar-refractivity contribution in [1.29, 1.82) is 0 Å². The molecule has 0 spiro atoms. The number of hydrogen-bond donors (Lipinski definition) is 0. The van der Waals surface area contributed by atoms with E-state index < -0.39 is 0 Å². The van der Waals surface area contributed by atoms with Crippen LogP contribution >= 0.6 is 0 Å². The summed E-state index contributed by atoms with van der Waals surface area (Å²) in [6, 6.07) is 0. The van der Waals surface area contributed by atoms with Gasteiger partial charge in [-0.2, -0.15) is 0 Å². The summed E-state index contributed by atoms with van der Waals surface area (Å²) < 4.78 is 4.40. The summed E-state index contributed by atoms with van der Waals surface area (Å²) in [5, 5.41) is 0. The summed E-state index contributed by atoms with van der Waals surface area (Å²) in [6.45, 7) is 3.22. The van der Waals surface area contributed by atoms with E-state index in [1.54, 1.807) is 0 Å². The van der Waals surface area contributed by atoms with E-state index in [-0.39, 0.29) is 12.4 Å². The quantitative estimate of drug-likeness (QED) is 0.249. The predicted octanol–water partition coefficient (Wildman–Crippen LogP) is 1.04. The molecule has 0 fully saturated rings. The second-order valence-corrected chi connectivity index (χ2v) is 1.72. The van der Waals surface area contributed by atoms with E-state index in [0.29, 0.717) is 12.8 Å². The van der Waals surface area contributed by atoms with Crippen LogP contribution < -0.4 is 0 Å². The van der Waals surface area contributed by atoms with Gasteiger partial charge in [-0.25, -0.2) is 0 Å². The molecular formula is C7H10O3. The average molecular weight is 142 g/mol. The fourth-order valence-corrected chi connectivity index (χ4v) is 0.482. The van der Waals surface area contributed by atoms with Crippen LogP contribution in [-0.2, 0) is 14.3 Å². The SMILES string of the molecule is C=COC(=O)CCCC=O. The first-order valence-electron chi connectivity index (χ1n) is 3.05. The molecule has 0 aromatic rings. The first-order chi connectivity index (χ1) is 4.81. The molecule has 0 heterocycles. The number of ether oxygens (including phenoxy) is 1. The van der Waals surface area contributed by atoms with Gasteiger partial charge in [-0.15, -0.1) is 0 Å². The highest BCUT2D eigenvalue weighted by molar-refractivity contribution is 5.70. The lowest BCUT2D eigenvalue weighted by atomic mass is 10.2. The Balaban J connectivity index is 3.20. The highest BCUT2D eigenvalue weighted by atomic mass is 16.5. The van der Waals surface area contributed by atoms with Crippen molar-refractivity contribution < 1.29 is 14.3 Å². The van der Waals surface area contributed by atoms with E-state index in [1.165, 1.54) is 0 Å². The molecule has 0 amide bonds. The van der Waals surface area contributed by atoms with Crippen LogP contribution in [0.2, 0.25) is 0 Å². The van der Waals surface area contributed by atoms with Gasteiger partial charge in [0.15, 0.2) is 0 Å². The van der Waals surface area contributed by atoms with Gasteiger partial charge in [0.1, 0.15) is 6.29 Å². The van der Waals surface area contributed by atoms with E-state index in [2.05, 4.69) is 11.3 Å². The molecule has 0 aliphatic rings. The second kappa shape index (κ2) is 6.01. The molecule has 0 aromatic carbocycles. The zero-order valence-electron chi connectivity index (χ0n) is 5.71. The molecular weight excluding hydrogens is 132 g/mol. The van der Waals surface area contributed by atoms with Gasteiger partial charge in [-0.1, -0.05) is 6.58 Å². The van der Waals surface area contributed by atoms with Crippen molar-refractivity contribution in [2.24, 2.45) is 0 Å². The number of carbonyl (C=O) groups excluding carboxylic acids is 2. The van der Waals surface area contributed by atoms with Crippen molar-refractivity contribution in [3.8, 4) is 0 Å². The van der Waals surface area contributed by atoms with Crippen molar-refractivity contribution in [2.45, 2.75) is 19.3 Å². The highest BCUT2D eigenvalue weighted by Crippen LogP contribution is 1.94. The van der Waals surface area contributed by atoms with Gasteiger partial charge in [0.25, 0.3) is 0 Å². The third-order valence-electron chi connectivity index (χ3n) is 0.918. The predicted molar refractivity (Wildman–Crippen MR) is 36.2 cm³/mol. The fourth-order valence-electron chi connectivity index (χ4n) is 0.482. The van der Waals surface area contributed by atoms with Gasteiger partial charge in [0.2, 0.25) is 0 Å². The van der Waals surface area contributed by atoms with E-state index in [1.807, 2.05) is 0 Å². The Labute approximate surface area is 59.7 Å². The lowest BCUT2D eigenvalue weighted by Crippen LogP contribution is -1.98. The summed E-state index contributed by atoms with van der Waals surface area (Å²) in [4.78, 5) is 20.3. The molecule has 0 aliphatic carbocycles. The lowest BCUT2D eigenvalue weighted by Gasteiger charge is -1.94. The van der Waals surface area contributed by atoms with Crippen LogP contribution in [-0.4, -0.2) is 12.3 Å². The smallest absolute Gasteiger partial charge is 0.310 e. The molecule has 10 heavy (non-hydrogen) atoms. The Morgan fingerprint density at radius 1 is 1.60 bits per heavy atom. The Bertz CT molecular complexity index is 129. The van der Waals surface area contributed by atoms with Gasteiger partial charge in [0.05, 0.1) is 6.26 Å². The summed E-state index contributed by atoms with van der Waals surface area (Å²) in [5.41, 5.74) is 0. The van der Waals surface area contributed by atoms with Gasteiger partial charge in [-0.3, -0.25) is 4.79 Å². The molecule has 0 bridgehead atoms. The van der Waals surface area contributed by atoms with Crippen molar-refractivity contribution in [2.75, 3.05) is 0 Å². The molecule has 0 rings (SSSR count). The topological polar surface area (TPSA) is 43.4 Å². The van der Waals surface area contributed by atoms with Crippen LogP contribution in [0.5, 0.6) is 0 Å². The Kier molecular flexibility index (Phi) is 5.33. The van der Waals surface area contributed by atoms with Crippen LogP contribution in [0, 0.1) is 0 Å². The minimum absolute atomic E-state index is 0.282. The minimum Gasteiger partial charge on any atom is -0.435 e. The third kappa shape index (κ3) is 5.03. The number of carbonyl (C=O) groups is 2. The molecule has 0 radical (unpaired) electrons. The number of hydrogen-bond acceptors (Lipinski definition) is 3. The molecule has 0 saturated carbocycles. The van der Waals surface area contributed by atoms with E-state index >= 15 is 0 Å². The van der Waals surface area contributed by atoms with Gasteiger partial charge in [0, 0.05) is 12.8 Å². The molecule has 0 atom stereocenters. The van der Waals surface area contributed by atoms with Gasteiger partial charge < -0.3 is 9.53 Å². The Morgan fingerprint density at radius 3 is 2.80 bits per heavy atom. The van der Waals surface area contributed by atoms with E-state index in [0.717, 1.165) is 12.5 Å². The minimum atomic E-state index is -0.336. The molecule has 3 nitrogen and oxygen atoms in total. The molecule has 0 aliphatic heterocycles. The summed E-state index contributed by atoms with van der Waals surface area (Å²) in [6.07, 6.45) is 3.11. The van der Waals surface area contributed by atoms with Crippen LogP contribution in [0.25, 0.3) is 0 Å². The van der Waals surface area contributed by atoms with E-state index in [4.69, 9.17) is 0 Å². The van der Waals surface area contributed by atoms with E-state index in [9.17, 15) is 9.59 Å². The monoisotopic (exact) mass is 142 g/mol. The number of unbranched alkanes of at least 4 members (excludes halogenated alkanes) is 1. The van der Waals surface area contributed by atoms with Crippen LogP contribution in [0.4, 0.5) is 0 Å². The van der Waals surface area contributed by atoms with Crippen molar-refractivity contribution in [3.05, 3.63) is 12.8 Å². The zero-order chi connectivity index (χ0) is 7.82. The summed E-state index contributed by atoms with van der Waals surface area (Å²) in [5.74, 6) is -0.336. The summed E-state index contributed by atoms with van der Waals surface area (Å²) >= 11 is 0. The zero-order valence-corrected chi connectivity index (χ0v) is 5.71. The van der Waals surface area contributed by atoms with Crippen LogP contribution in [0.1, 0.15) is 19.3 Å².